The molecule has 1 aromatic rings. The SMILES string of the molecule is CC1(C(=O)Cc2ccn(C3CCCC3)n2)CCCC1. The molecule has 0 amide bonds. The molecule has 0 radical (unpaired) electrons. The molecule has 0 bridgehead atoms. The van der Waals surface area contributed by atoms with E-state index in [1.165, 1.54) is 38.5 Å². The summed E-state index contributed by atoms with van der Waals surface area (Å²) >= 11 is 0. The van der Waals surface area contributed by atoms with Crippen LogP contribution in [0.15, 0.2) is 12.3 Å². The van der Waals surface area contributed by atoms with Gasteiger partial charge in [-0.1, -0.05) is 32.6 Å². The van der Waals surface area contributed by atoms with E-state index in [1.54, 1.807) is 0 Å². The van der Waals surface area contributed by atoms with Gasteiger partial charge in [0.1, 0.15) is 5.78 Å². The van der Waals surface area contributed by atoms with Gasteiger partial charge in [-0.3, -0.25) is 9.48 Å². The van der Waals surface area contributed by atoms with Crippen molar-refractivity contribution in [2.24, 2.45) is 5.41 Å². The van der Waals surface area contributed by atoms with Crippen LogP contribution in [-0.4, -0.2) is 15.6 Å². The maximum absolute atomic E-state index is 12.4. The summed E-state index contributed by atoms with van der Waals surface area (Å²) in [5, 5.41) is 4.63. The summed E-state index contributed by atoms with van der Waals surface area (Å²) in [6, 6.07) is 2.61. The molecule has 2 fully saturated rings. The molecule has 0 saturated heterocycles. The van der Waals surface area contributed by atoms with Crippen LogP contribution in [0.2, 0.25) is 0 Å². The molecule has 2 aliphatic rings. The van der Waals surface area contributed by atoms with Crippen LogP contribution < -0.4 is 0 Å². The van der Waals surface area contributed by atoms with Crippen LogP contribution in [0.5, 0.6) is 0 Å². The predicted molar refractivity (Wildman–Crippen MR) is 75.0 cm³/mol. The summed E-state index contributed by atoms with van der Waals surface area (Å²) in [5.41, 5.74) is 0.891. The smallest absolute Gasteiger partial charge is 0.144 e. The standard InChI is InChI=1S/C16H24N2O/c1-16(9-4-5-10-16)15(19)12-13-8-11-18(17-13)14-6-2-3-7-14/h8,11,14H,2-7,9-10,12H2,1H3. The molecule has 0 N–H and O–H groups in total. The number of aromatic nitrogens is 2. The quantitative estimate of drug-likeness (QED) is 0.827. The van der Waals surface area contributed by atoms with E-state index in [9.17, 15) is 4.79 Å². The zero-order valence-corrected chi connectivity index (χ0v) is 11.9. The average Bonchev–Trinajstić information content (AvgIpc) is 3.08. The molecule has 0 aromatic carbocycles. The number of ketones is 1. The minimum atomic E-state index is -0.0723. The van der Waals surface area contributed by atoms with Gasteiger partial charge >= 0.3 is 0 Å². The number of rotatable bonds is 4. The van der Waals surface area contributed by atoms with Gasteiger partial charge in [-0.05, 0) is 31.7 Å². The Morgan fingerprint density at radius 2 is 2.00 bits per heavy atom. The van der Waals surface area contributed by atoms with Gasteiger partial charge < -0.3 is 0 Å². The van der Waals surface area contributed by atoms with E-state index in [2.05, 4.69) is 22.9 Å². The average molecular weight is 260 g/mol. The van der Waals surface area contributed by atoms with Crippen molar-refractivity contribution in [1.29, 1.82) is 0 Å². The first-order valence-corrected chi connectivity index (χ1v) is 7.75. The van der Waals surface area contributed by atoms with E-state index in [-0.39, 0.29) is 5.41 Å². The molecule has 0 unspecified atom stereocenters. The normalized spacial score (nSPS) is 23.0. The molecule has 3 rings (SSSR count). The lowest BCUT2D eigenvalue weighted by atomic mass is 9.82. The Balaban J connectivity index is 1.65. The summed E-state index contributed by atoms with van der Waals surface area (Å²) in [6.07, 6.45) is 12.3. The first kappa shape index (κ1) is 12.9. The summed E-state index contributed by atoms with van der Waals surface area (Å²) in [5.74, 6) is 0.390. The van der Waals surface area contributed by atoms with Gasteiger partial charge in [0.15, 0.2) is 0 Å². The molecular weight excluding hydrogens is 236 g/mol. The Bertz CT molecular complexity index is 451. The number of carbonyl (C=O) groups is 1. The van der Waals surface area contributed by atoms with E-state index in [4.69, 9.17) is 0 Å². The highest BCUT2D eigenvalue weighted by molar-refractivity contribution is 5.86. The van der Waals surface area contributed by atoms with E-state index in [0.29, 0.717) is 18.2 Å². The summed E-state index contributed by atoms with van der Waals surface area (Å²) in [6.45, 7) is 2.14. The minimum Gasteiger partial charge on any atom is -0.299 e. The molecule has 19 heavy (non-hydrogen) atoms. The maximum Gasteiger partial charge on any atom is 0.144 e. The lowest BCUT2D eigenvalue weighted by molar-refractivity contribution is -0.127. The molecule has 3 heteroatoms. The van der Waals surface area contributed by atoms with Crippen LogP contribution in [0, 0.1) is 5.41 Å². The molecule has 0 spiro atoms. The molecule has 1 aromatic heterocycles. The Morgan fingerprint density at radius 3 is 2.68 bits per heavy atom. The zero-order chi connectivity index (χ0) is 13.3. The van der Waals surface area contributed by atoms with E-state index in [1.807, 2.05) is 6.07 Å². The highest BCUT2D eigenvalue weighted by Crippen LogP contribution is 2.39. The van der Waals surface area contributed by atoms with Crippen LogP contribution >= 0.6 is 0 Å². The first-order chi connectivity index (χ1) is 9.17. The number of nitrogens with zero attached hydrogens (tertiary/aromatic N) is 2. The van der Waals surface area contributed by atoms with Gasteiger partial charge in [0, 0.05) is 11.6 Å². The van der Waals surface area contributed by atoms with Crippen molar-refractivity contribution in [2.75, 3.05) is 0 Å². The fourth-order valence-corrected chi connectivity index (χ4v) is 3.66. The first-order valence-electron chi connectivity index (χ1n) is 7.75. The highest BCUT2D eigenvalue weighted by Gasteiger charge is 2.35. The van der Waals surface area contributed by atoms with Crippen LogP contribution in [0.25, 0.3) is 0 Å². The second-order valence-corrected chi connectivity index (χ2v) is 6.59. The Labute approximate surface area is 115 Å². The molecule has 2 saturated carbocycles. The molecular formula is C16H24N2O. The molecule has 1 heterocycles. The Kier molecular flexibility index (Phi) is 3.46. The third kappa shape index (κ3) is 2.60. The van der Waals surface area contributed by atoms with Crippen molar-refractivity contribution in [3.05, 3.63) is 18.0 Å². The van der Waals surface area contributed by atoms with Crippen LogP contribution in [0.1, 0.15) is 70.0 Å². The third-order valence-corrected chi connectivity index (χ3v) is 5.08. The van der Waals surface area contributed by atoms with Crippen LogP contribution in [0.3, 0.4) is 0 Å². The maximum atomic E-state index is 12.4. The van der Waals surface area contributed by atoms with Gasteiger partial charge in [-0.15, -0.1) is 0 Å². The lowest BCUT2D eigenvalue weighted by Gasteiger charge is -2.20. The van der Waals surface area contributed by atoms with Crippen molar-refractivity contribution >= 4 is 5.78 Å². The van der Waals surface area contributed by atoms with Gasteiger partial charge in [0.05, 0.1) is 18.2 Å². The topological polar surface area (TPSA) is 34.9 Å². The van der Waals surface area contributed by atoms with Crippen LogP contribution in [0.4, 0.5) is 0 Å². The van der Waals surface area contributed by atoms with E-state index in [0.717, 1.165) is 18.5 Å². The number of hydrogen-bond acceptors (Lipinski definition) is 2. The number of carbonyl (C=O) groups excluding carboxylic acids is 1. The summed E-state index contributed by atoms with van der Waals surface area (Å²) in [7, 11) is 0. The molecule has 3 nitrogen and oxygen atoms in total. The van der Waals surface area contributed by atoms with Crippen molar-refractivity contribution in [3.63, 3.8) is 0 Å². The lowest BCUT2D eigenvalue weighted by Crippen LogP contribution is -2.26. The second-order valence-electron chi connectivity index (χ2n) is 6.59. The summed E-state index contributed by atoms with van der Waals surface area (Å²) in [4.78, 5) is 12.4. The fraction of sp³-hybridized carbons (Fsp3) is 0.750. The molecule has 0 atom stereocenters. The summed E-state index contributed by atoms with van der Waals surface area (Å²) < 4.78 is 2.09. The monoisotopic (exact) mass is 260 g/mol. The Morgan fingerprint density at radius 1 is 1.32 bits per heavy atom. The highest BCUT2D eigenvalue weighted by atomic mass is 16.1. The molecule has 104 valence electrons. The van der Waals surface area contributed by atoms with Crippen molar-refractivity contribution in [3.8, 4) is 0 Å². The van der Waals surface area contributed by atoms with Crippen molar-refractivity contribution in [2.45, 2.75) is 70.8 Å². The van der Waals surface area contributed by atoms with Gasteiger partial charge in [-0.25, -0.2) is 0 Å². The number of hydrogen-bond donors (Lipinski definition) is 0. The van der Waals surface area contributed by atoms with E-state index < -0.39 is 0 Å². The predicted octanol–water partition coefficient (Wildman–Crippen LogP) is 3.69. The van der Waals surface area contributed by atoms with Crippen molar-refractivity contribution < 1.29 is 4.79 Å². The van der Waals surface area contributed by atoms with Crippen molar-refractivity contribution in [1.82, 2.24) is 9.78 Å². The van der Waals surface area contributed by atoms with Gasteiger partial charge in [0.2, 0.25) is 0 Å². The third-order valence-electron chi connectivity index (χ3n) is 5.08. The number of Topliss-reactive ketones (excluding diaryl/α,β-unsaturated/α-hetero) is 1. The van der Waals surface area contributed by atoms with E-state index >= 15 is 0 Å². The Hall–Kier alpha value is -1.12. The molecule has 2 aliphatic carbocycles. The largest absolute Gasteiger partial charge is 0.299 e. The van der Waals surface area contributed by atoms with Crippen LogP contribution in [-0.2, 0) is 11.2 Å². The second kappa shape index (κ2) is 5.10. The minimum absolute atomic E-state index is 0.0723. The van der Waals surface area contributed by atoms with Gasteiger partial charge in [0.25, 0.3) is 0 Å². The van der Waals surface area contributed by atoms with Gasteiger partial charge in [-0.2, -0.15) is 5.10 Å². The molecule has 0 aliphatic heterocycles. The zero-order valence-electron chi connectivity index (χ0n) is 11.9. The fourth-order valence-electron chi connectivity index (χ4n) is 3.66.